The van der Waals surface area contributed by atoms with Crippen LogP contribution >= 0.6 is 0 Å². The molecule has 2 amide bonds. The van der Waals surface area contributed by atoms with Gasteiger partial charge >= 0.3 is 0 Å². The molecule has 0 aliphatic heterocycles. The first-order chi connectivity index (χ1) is 18.0. The third-order valence-electron chi connectivity index (χ3n) is 6.25. The number of nitrogens with one attached hydrogen (secondary N) is 1. The lowest BCUT2D eigenvalue weighted by Crippen LogP contribution is -2.53. The second-order valence-electron chi connectivity index (χ2n) is 9.71. The lowest BCUT2D eigenvalue weighted by atomic mass is 10.1. The Bertz CT molecular complexity index is 1360. The Morgan fingerprint density at radius 1 is 0.895 bits per heavy atom. The van der Waals surface area contributed by atoms with Gasteiger partial charge in [-0.25, -0.2) is 8.42 Å². The number of anilines is 1. The number of hydrogen-bond acceptors (Lipinski definition) is 4. The van der Waals surface area contributed by atoms with E-state index in [4.69, 9.17) is 0 Å². The maximum Gasteiger partial charge on any atom is 0.264 e. The van der Waals surface area contributed by atoms with Crippen molar-refractivity contribution in [3.8, 4) is 0 Å². The fraction of sp³-hybridized carbons (Fsp3) is 0.333. The second kappa shape index (κ2) is 12.7. The zero-order valence-corrected chi connectivity index (χ0v) is 23.5. The Labute approximate surface area is 226 Å². The molecule has 0 bridgehead atoms. The van der Waals surface area contributed by atoms with Crippen LogP contribution in [0.1, 0.15) is 43.9 Å². The molecule has 0 aliphatic rings. The van der Waals surface area contributed by atoms with Crippen LogP contribution < -0.4 is 9.62 Å². The Morgan fingerprint density at radius 3 is 2.16 bits per heavy atom. The topological polar surface area (TPSA) is 86.8 Å². The van der Waals surface area contributed by atoms with Crippen LogP contribution in [0.5, 0.6) is 0 Å². The highest BCUT2D eigenvalue weighted by Gasteiger charge is 2.34. The van der Waals surface area contributed by atoms with Crippen LogP contribution in [-0.4, -0.2) is 43.8 Å². The SMILES string of the molecule is CC[C@H](C(=O)NC(C)C)N(Cc1cccc(C)c1)C(=O)CN(c1ccccc1C)S(=O)(=O)c1ccccc1. The van der Waals surface area contributed by atoms with Crippen molar-refractivity contribution in [2.75, 3.05) is 10.8 Å². The van der Waals surface area contributed by atoms with E-state index in [0.29, 0.717) is 12.1 Å². The molecule has 0 heterocycles. The second-order valence-corrected chi connectivity index (χ2v) is 11.6. The van der Waals surface area contributed by atoms with Gasteiger partial charge in [0.15, 0.2) is 0 Å². The van der Waals surface area contributed by atoms with E-state index in [1.165, 1.54) is 17.0 Å². The van der Waals surface area contributed by atoms with Gasteiger partial charge in [-0.3, -0.25) is 13.9 Å². The number of carbonyl (C=O) groups is 2. The smallest absolute Gasteiger partial charge is 0.264 e. The first-order valence-corrected chi connectivity index (χ1v) is 14.3. The molecular weight excluding hydrogens is 498 g/mol. The van der Waals surface area contributed by atoms with Gasteiger partial charge < -0.3 is 10.2 Å². The van der Waals surface area contributed by atoms with Crippen molar-refractivity contribution in [1.82, 2.24) is 10.2 Å². The summed E-state index contributed by atoms with van der Waals surface area (Å²) in [5.74, 6) is -0.725. The van der Waals surface area contributed by atoms with Crippen molar-refractivity contribution >= 4 is 27.5 Å². The van der Waals surface area contributed by atoms with Crippen molar-refractivity contribution in [2.24, 2.45) is 0 Å². The summed E-state index contributed by atoms with van der Waals surface area (Å²) in [6, 6.07) is 22.0. The van der Waals surface area contributed by atoms with E-state index in [1.54, 1.807) is 30.3 Å². The minimum Gasteiger partial charge on any atom is -0.352 e. The highest BCUT2D eigenvalue weighted by atomic mass is 32.2. The van der Waals surface area contributed by atoms with Crippen LogP contribution in [0, 0.1) is 13.8 Å². The molecule has 202 valence electrons. The lowest BCUT2D eigenvalue weighted by Gasteiger charge is -2.34. The molecule has 0 spiro atoms. The number of sulfonamides is 1. The molecule has 1 atom stereocenters. The van der Waals surface area contributed by atoms with Gasteiger partial charge in [0, 0.05) is 12.6 Å². The van der Waals surface area contributed by atoms with Gasteiger partial charge in [-0.2, -0.15) is 0 Å². The largest absolute Gasteiger partial charge is 0.352 e. The van der Waals surface area contributed by atoms with Crippen LogP contribution in [0.3, 0.4) is 0 Å². The number of benzene rings is 3. The van der Waals surface area contributed by atoms with E-state index in [2.05, 4.69) is 5.32 Å². The molecule has 0 aromatic heterocycles. The number of para-hydroxylation sites is 1. The number of aryl methyl sites for hydroxylation is 2. The molecule has 3 rings (SSSR count). The molecule has 0 saturated heterocycles. The lowest BCUT2D eigenvalue weighted by molar-refractivity contribution is -0.140. The van der Waals surface area contributed by atoms with Crippen molar-refractivity contribution in [3.63, 3.8) is 0 Å². The van der Waals surface area contributed by atoms with E-state index >= 15 is 0 Å². The average Bonchev–Trinajstić information content (AvgIpc) is 2.87. The standard InChI is InChI=1S/C30H37N3O4S/c1-6-27(30(35)31-22(2)3)32(20-25-15-12-13-23(4)19-25)29(34)21-33(28-18-11-10-14-24(28)5)38(36,37)26-16-8-7-9-17-26/h7-19,22,27H,6,20-21H2,1-5H3,(H,31,35)/t27-/m1/s1. The number of carbonyl (C=O) groups excluding carboxylic acids is 2. The van der Waals surface area contributed by atoms with Crippen molar-refractivity contribution in [3.05, 3.63) is 95.6 Å². The van der Waals surface area contributed by atoms with E-state index in [0.717, 1.165) is 21.0 Å². The first kappa shape index (κ1) is 28.9. The summed E-state index contributed by atoms with van der Waals surface area (Å²) >= 11 is 0. The van der Waals surface area contributed by atoms with Crippen LogP contribution in [0.15, 0.2) is 83.8 Å². The fourth-order valence-electron chi connectivity index (χ4n) is 4.38. The zero-order chi connectivity index (χ0) is 27.9. The summed E-state index contributed by atoms with van der Waals surface area (Å²) in [6.07, 6.45) is 0.381. The molecule has 0 aliphatic carbocycles. The normalized spacial score (nSPS) is 12.2. The van der Waals surface area contributed by atoms with E-state index < -0.39 is 28.5 Å². The quantitative estimate of drug-likeness (QED) is 0.381. The molecule has 0 saturated carbocycles. The van der Waals surface area contributed by atoms with Crippen LogP contribution in [0.25, 0.3) is 0 Å². The van der Waals surface area contributed by atoms with Gasteiger partial charge in [-0.15, -0.1) is 0 Å². The molecule has 1 N–H and O–H groups in total. The molecule has 0 unspecified atom stereocenters. The van der Waals surface area contributed by atoms with Gasteiger partial charge in [-0.05, 0) is 63.4 Å². The fourth-order valence-corrected chi connectivity index (χ4v) is 5.88. The molecule has 38 heavy (non-hydrogen) atoms. The van der Waals surface area contributed by atoms with Gasteiger partial charge in [0.1, 0.15) is 12.6 Å². The summed E-state index contributed by atoms with van der Waals surface area (Å²) in [4.78, 5) is 28.8. The van der Waals surface area contributed by atoms with Gasteiger partial charge in [0.05, 0.1) is 10.6 Å². The minimum absolute atomic E-state index is 0.0888. The predicted octanol–water partition coefficient (Wildman–Crippen LogP) is 4.83. The molecule has 0 fully saturated rings. The molecule has 0 radical (unpaired) electrons. The van der Waals surface area contributed by atoms with Crippen molar-refractivity contribution in [1.29, 1.82) is 0 Å². The van der Waals surface area contributed by atoms with Crippen LogP contribution in [0.2, 0.25) is 0 Å². The van der Waals surface area contributed by atoms with Gasteiger partial charge in [0.25, 0.3) is 10.0 Å². The Hall–Kier alpha value is -3.65. The van der Waals surface area contributed by atoms with E-state index in [-0.39, 0.29) is 23.4 Å². The van der Waals surface area contributed by atoms with Crippen LogP contribution in [0.4, 0.5) is 5.69 Å². The van der Waals surface area contributed by atoms with Gasteiger partial charge in [-0.1, -0.05) is 73.2 Å². The molecular formula is C30H37N3O4S. The maximum atomic E-state index is 14.0. The third-order valence-corrected chi connectivity index (χ3v) is 8.02. The molecule has 7 nitrogen and oxygen atoms in total. The summed E-state index contributed by atoms with van der Waals surface area (Å²) in [7, 11) is -4.07. The van der Waals surface area contributed by atoms with Gasteiger partial charge in [0.2, 0.25) is 11.8 Å². The number of amides is 2. The Morgan fingerprint density at radius 2 is 1.55 bits per heavy atom. The average molecular weight is 536 g/mol. The summed E-state index contributed by atoms with van der Waals surface area (Å²) in [5.41, 5.74) is 3.03. The van der Waals surface area contributed by atoms with Crippen LogP contribution in [-0.2, 0) is 26.2 Å². The monoisotopic (exact) mass is 535 g/mol. The number of nitrogens with zero attached hydrogens (tertiary/aromatic N) is 2. The minimum atomic E-state index is -4.07. The van der Waals surface area contributed by atoms with E-state index in [9.17, 15) is 18.0 Å². The molecule has 8 heteroatoms. The first-order valence-electron chi connectivity index (χ1n) is 12.8. The third kappa shape index (κ3) is 7.01. The molecule has 3 aromatic carbocycles. The predicted molar refractivity (Wildman–Crippen MR) is 151 cm³/mol. The van der Waals surface area contributed by atoms with Crippen molar-refractivity contribution < 1.29 is 18.0 Å². The summed E-state index contributed by atoms with van der Waals surface area (Å²) in [6.45, 7) is 9.08. The highest BCUT2D eigenvalue weighted by molar-refractivity contribution is 7.92. The Balaban J connectivity index is 2.07. The summed E-state index contributed by atoms with van der Waals surface area (Å²) < 4.78 is 28.8. The zero-order valence-electron chi connectivity index (χ0n) is 22.7. The van der Waals surface area contributed by atoms with E-state index in [1.807, 2.05) is 71.0 Å². The number of rotatable bonds is 11. The Kier molecular flexibility index (Phi) is 9.69. The van der Waals surface area contributed by atoms with Crippen molar-refractivity contribution in [2.45, 2.75) is 64.6 Å². The highest BCUT2D eigenvalue weighted by Crippen LogP contribution is 2.27. The maximum absolute atomic E-state index is 14.0. The number of hydrogen-bond donors (Lipinski definition) is 1. The summed E-state index contributed by atoms with van der Waals surface area (Å²) in [5, 5.41) is 2.91. The molecule has 3 aromatic rings.